The number of carbonyl (C=O) groups is 2. The number of halogens is 1. The van der Waals surface area contributed by atoms with Crippen LogP contribution in [0.3, 0.4) is 0 Å². The second-order valence-electron chi connectivity index (χ2n) is 6.31. The van der Waals surface area contributed by atoms with Crippen LogP contribution in [-0.4, -0.2) is 22.0 Å². The van der Waals surface area contributed by atoms with Crippen molar-refractivity contribution in [3.05, 3.63) is 76.0 Å². The van der Waals surface area contributed by atoms with Crippen molar-refractivity contribution in [1.82, 2.24) is 10.2 Å². The molecular formula is C20H19BrN4O2. The first-order valence-electron chi connectivity index (χ1n) is 8.47. The maximum absolute atomic E-state index is 12.5. The van der Waals surface area contributed by atoms with Crippen LogP contribution < -0.4 is 10.6 Å². The summed E-state index contributed by atoms with van der Waals surface area (Å²) in [5, 5.41) is 12.6. The van der Waals surface area contributed by atoms with Gasteiger partial charge in [-0.05, 0) is 52.2 Å². The van der Waals surface area contributed by atoms with Crippen molar-refractivity contribution in [2.75, 3.05) is 10.6 Å². The number of H-pyrrole nitrogens is 1. The fraction of sp³-hybridized carbons (Fsp3) is 0.150. The van der Waals surface area contributed by atoms with Crippen molar-refractivity contribution in [1.29, 1.82) is 0 Å². The summed E-state index contributed by atoms with van der Waals surface area (Å²) in [4.78, 5) is 24.8. The summed E-state index contributed by atoms with van der Waals surface area (Å²) >= 11 is 3.43. The Morgan fingerprint density at radius 1 is 0.963 bits per heavy atom. The summed E-state index contributed by atoms with van der Waals surface area (Å²) in [7, 11) is 0. The molecule has 7 heteroatoms. The van der Waals surface area contributed by atoms with Crippen LogP contribution in [0.25, 0.3) is 0 Å². The van der Waals surface area contributed by atoms with Gasteiger partial charge in [0.15, 0.2) is 5.69 Å². The highest BCUT2D eigenvalue weighted by Gasteiger charge is 2.19. The van der Waals surface area contributed by atoms with Gasteiger partial charge >= 0.3 is 0 Å². The number of hydrogen-bond donors (Lipinski definition) is 3. The number of hydrogen-bond acceptors (Lipinski definition) is 3. The fourth-order valence-corrected chi connectivity index (χ4v) is 3.35. The van der Waals surface area contributed by atoms with Gasteiger partial charge in [0, 0.05) is 16.9 Å². The van der Waals surface area contributed by atoms with Crippen LogP contribution in [0.15, 0.2) is 59.1 Å². The predicted molar refractivity (Wildman–Crippen MR) is 109 cm³/mol. The Morgan fingerprint density at radius 3 is 2.19 bits per heavy atom. The minimum absolute atomic E-state index is 0.212. The molecule has 3 aromatic rings. The number of amides is 2. The van der Waals surface area contributed by atoms with E-state index in [1.54, 1.807) is 48.5 Å². The Bertz CT molecular complexity index is 967. The summed E-state index contributed by atoms with van der Waals surface area (Å²) < 4.78 is 0.656. The van der Waals surface area contributed by atoms with Crippen molar-refractivity contribution in [3.8, 4) is 0 Å². The van der Waals surface area contributed by atoms with Gasteiger partial charge < -0.3 is 10.6 Å². The van der Waals surface area contributed by atoms with Gasteiger partial charge in [0.2, 0.25) is 0 Å². The van der Waals surface area contributed by atoms with Crippen LogP contribution in [-0.2, 0) is 0 Å². The first-order chi connectivity index (χ1) is 13.0. The van der Waals surface area contributed by atoms with E-state index in [1.807, 2.05) is 19.9 Å². The quantitative estimate of drug-likeness (QED) is 0.547. The Hall–Kier alpha value is -2.93. The minimum Gasteiger partial charge on any atom is -0.322 e. The second-order valence-corrected chi connectivity index (χ2v) is 7.10. The standard InChI is InChI=1S/C20H19BrN4O2/c1-12(2)17-16(21)18(25-24-17)20(27)23-15-10-6-9-14(11-15)22-19(26)13-7-4-3-5-8-13/h3-12H,1-2H3,(H,22,26)(H,23,27)(H,24,25). The van der Waals surface area contributed by atoms with Gasteiger partial charge in [0.1, 0.15) is 0 Å². The van der Waals surface area contributed by atoms with Crippen LogP contribution in [0.5, 0.6) is 0 Å². The summed E-state index contributed by atoms with van der Waals surface area (Å²) in [6.45, 7) is 4.03. The second kappa shape index (κ2) is 8.18. The Kier molecular flexibility index (Phi) is 5.71. The summed E-state index contributed by atoms with van der Waals surface area (Å²) in [6.07, 6.45) is 0. The highest BCUT2D eigenvalue weighted by molar-refractivity contribution is 9.10. The van der Waals surface area contributed by atoms with Gasteiger partial charge in [0.25, 0.3) is 11.8 Å². The monoisotopic (exact) mass is 426 g/mol. The third-order valence-corrected chi connectivity index (χ3v) is 4.74. The maximum atomic E-state index is 12.5. The largest absolute Gasteiger partial charge is 0.322 e. The van der Waals surface area contributed by atoms with Crippen molar-refractivity contribution in [3.63, 3.8) is 0 Å². The normalized spacial score (nSPS) is 10.7. The van der Waals surface area contributed by atoms with Crippen LogP contribution in [0.4, 0.5) is 11.4 Å². The first kappa shape index (κ1) is 18.8. The highest BCUT2D eigenvalue weighted by Crippen LogP contribution is 2.26. The van der Waals surface area contributed by atoms with Gasteiger partial charge in [-0.2, -0.15) is 5.10 Å². The van der Waals surface area contributed by atoms with E-state index in [1.165, 1.54) is 0 Å². The zero-order valence-corrected chi connectivity index (χ0v) is 16.5. The molecule has 0 unspecified atom stereocenters. The molecule has 2 aromatic carbocycles. The van der Waals surface area contributed by atoms with Crippen LogP contribution in [0.2, 0.25) is 0 Å². The molecule has 3 N–H and O–H groups in total. The number of aromatic amines is 1. The molecule has 138 valence electrons. The summed E-state index contributed by atoms with van der Waals surface area (Å²) in [6, 6.07) is 15.9. The van der Waals surface area contributed by atoms with Crippen molar-refractivity contribution < 1.29 is 9.59 Å². The molecule has 1 heterocycles. The Balaban J connectivity index is 1.72. The van der Waals surface area contributed by atoms with Crippen molar-refractivity contribution in [2.45, 2.75) is 19.8 Å². The van der Waals surface area contributed by atoms with E-state index in [-0.39, 0.29) is 23.4 Å². The molecule has 0 atom stereocenters. The number of nitrogens with one attached hydrogen (secondary N) is 3. The lowest BCUT2D eigenvalue weighted by Crippen LogP contribution is -2.14. The molecule has 0 spiro atoms. The van der Waals surface area contributed by atoms with Crippen LogP contribution >= 0.6 is 15.9 Å². The lowest BCUT2D eigenvalue weighted by molar-refractivity contribution is 0.101. The van der Waals surface area contributed by atoms with Gasteiger partial charge in [-0.25, -0.2) is 0 Å². The highest BCUT2D eigenvalue weighted by atomic mass is 79.9. The Morgan fingerprint density at radius 2 is 1.59 bits per heavy atom. The molecule has 27 heavy (non-hydrogen) atoms. The van der Waals surface area contributed by atoms with Gasteiger partial charge in [-0.3, -0.25) is 14.7 Å². The van der Waals surface area contributed by atoms with Crippen LogP contribution in [0, 0.1) is 0 Å². The molecule has 0 saturated carbocycles. The van der Waals surface area contributed by atoms with Gasteiger partial charge in [-0.1, -0.05) is 38.1 Å². The van der Waals surface area contributed by atoms with Crippen molar-refractivity contribution >= 4 is 39.1 Å². The SMILES string of the molecule is CC(C)c1[nH]nc(C(=O)Nc2cccc(NC(=O)c3ccccc3)c2)c1Br. The minimum atomic E-state index is -0.337. The van der Waals surface area contributed by atoms with E-state index >= 15 is 0 Å². The molecule has 0 aliphatic carbocycles. The molecular weight excluding hydrogens is 408 g/mol. The molecule has 0 fully saturated rings. The molecule has 6 nitrogen and oxygen atoms in total. The zero-order chi connectivity index (χ0) is 19.4. The van der Waals surface area contributed by atoms with E-state index in [2.05, 4.69) is 36.8 Å². The average Bonchev–Trinajstić information content (AvgIpc) is 3.04. The number of benzene rings is 2. The molecule has 0 aliphatic rings. The lowest BCUT2D eigenvalue weighted by Gasteiger charge is -2.08. The number of rotatable bonds is 5. The molecule has 0 bridgehead atoms. The fourth-order valence-electron chi connectivity index (χ4n) is 2.53. The van der Waals surface area contributed by atoms with Crippen molar-refractivity contribution in [2.24, 2.45) is 0 Å². The topological polar surface area (TPSA) is 86.9 Å². The zero-order valence-electron chi connectivity index (χ0n) is 14.9. The van der Waals surface area contributed by atoms with E-state index in [4.69, 9.17) is 0 Å². The maximum Gasteiger partial charge on any atom is 0.277 e. The van der Waals surface area contributed by atoms with E-state index in [9.17, 15) is 9.59 Å². The molecule has 2 amide bonds. The predicted octanol–water partition coefficient (Wildman–Crippen LogP) is 4.80. The average molecular weight is 427 g/mol. The number of anilines is 2. The third kappa shape index (κ3) is 4.43. The van der Waals surface area contributed by atoms with E-state index in [0.717, 1.165) is 5.69 Å². The molecule has 0 aliphatic heterocycles. The Labute approximate surface area is 165 Å². The number of aromatic nitrogens is 2. The lowest BCUT2D eigenvalue weighted by atomic mass is 10.1. The van der Waals surface area contributed by atoms with Gasteiger partial charge in [-0.15, -0.1) is 0 Å². The molecule has 0 saturated heterocycles. The van der Waals surface area contributed by atoms with Gasteiger partial charge in [0.05, 0.1) is 10.2 Å². The summed E-state index contributed by atoms with van der Waals surface area (Å²) in [5.74, 6) is -0.336. The smallest absolute Gasteiger partial charge is 0.277 e. The van der Waals surface area contributed by atoms with E-state index < -0.39 is 0 Å². The molecule has 3 rings (SSSR count). The molecule has 1 aromatic heterocycles. The third-order valence-electron chi connectivity index (χ3n) is 3.94. The van der Waals surface area contributed by atoms with Crippen LogP contribution in [0.1, 0.15) is 46.3 Å². The summed E-state index contributed by atoms with van der Waals surface area (Å²) in [5.41, 5.74) is 2.87. The number of carbonyl (C=O) groups excluding carboxylic acids is 2. The first-order valence-corrected chi connectivity index (χ1v) is 9.26. The van der Waals surface area contributed by atoms with E-state index in [0.29, 0.717) is 21.4 Å². The molecule has 0 radical (unpaired) electrons. The number of nitrogens with zero attached hydrogens (tertiary/aromatic N) is 1.